The Kier molecular flexibility index (Phi) is 4.73. The van der Waals surface area contributed by atoms with Gasteiger partial charge < -0.3 is 14.9 Å². The molecule has 0 aromatic heterocycles. The number of aliphatic hydroxyl groups excluding tert-OH is 1. The molecule has 1 aromatic carbocycles. The van der Waals surface area contributed by atoms with Gasteiger partial charge in [-0.2, -0.15) is 0 Å². The quantitative estimate of drug-likeness (QED) is 0.788. The molecule has 0 saturated heterocycles. The Labute approximate surface area is 144 Å². The lowest BCUT2D eigenvalue weighted by molar-refractivity contribution is -0.0121. The molecule has 0 bridgehead atoms. The second-order valence-electron chi connectivity index (χ2n) is 7.61. The zero-order valence-electron chi connectivity index (χ0n) is 14.9. The van der Waals surface area contributed by atoms with E-state index in [0.29, 0.717) is 5.92 Å². The van der Waals surface area contributed by atoms with Crippen LogP contribution in [0.3, 0.4) is 0 Å². The molecule has 1 aliphatic carbocycles. The Morgan fingerprint density at radius 3 is 2.88 bits per heavy atom. The smallest absolute Gasteiger partial charge is 0.124 e. The summed E-state index contributed by atoms with van der Waals surface area (Å²) in [6.45, 7) is 6.59. The molecule has 2 N–H and O–H groups in total. The van der Waals surface area contributed by atoms with Crippen molar-refractivity contribution < 1.29 is 14.9 Å². The van der Waals surface area contributed by atoms with Crippen LogP contribution in [-0.2, 0) is 0 Å². The normalized spacial score (nSPS) is 28.2. The summed E-state index contributed by atoms with van der Waals surface area (Å²) in [5, 5.41) is 19.5. The van der Waals surface area contributed by atoms with E-state index in [1.54, 1.807) is 6.07 Å². The molecule has 3 heteroatoms. The fraction of sp³-hybridized carbons (Fsp3) is 0.524. The van der Waals surface area contributed by atoms with E-state index in [0.717, 1.165) is 42.6 Å². The van der Waals surface area contributed by atoms with Crippen LogP contribution >= 0.6 is 0 Å². The number of hydrogen-bond donors (Lipinski definition) is 2. The minimum absolute atomic E-state index is 0.118. The van der Waals surface area contributed by atoms with Gasteiger partial charge in [-0.15, -0.1) is 0 Å². The number of ether oxygens (including phenoxy) is 1. The molecule has 0 saturated carbocycles. The number of phenolic OH excluding ortho intramolecular Hbond substituents is 1. The minimum Gasteiger partial charge on any atom is -0.508 e. The monoisotopic (exact) mass is 328 g/mol. The average molecular weight is 328 g/mol. The Morgan fingerprint density at radius 2 is 2.17 bits per heavy atom. The molecule has 0 fully saturated rings. The number of rotatable bonds is 4. The highest BCUT2D eigenvalue weighted by Gasteiger charge is 2.46. The van der Waals surface area contributed by atoms with Gasteiger partial charge in [0.2, 0.25) is 0 Å². The van der Waals surface area contributed by atoms with Gasteiger partial charge in [0, 0.05) is 17.4 Å². The summed E-state index contributed by atoms with van der Waals surface area (Å²) in [5.41, 5.74) is 3.25. The average Bonchev–Trinajstić information content (AvgIpc) is 2.55. The maximum Gasteiger partial charge on any atom is 0.124 e. The number of aromatic hydroxyl groups is 1. The van der Waals surface area contributed by atoms with Crippen LogP contribution in [-0.4, -0.2) is 22.4 Å². The Bertz CT molecular complexity index is 670. The van der Waals surface area contributed by atoms with Crippen molar-refractivity contribution in [1.29, 1.82) is 0 Å². The van der Waals surface area contributed by atoms with Crippen LogP contribution in [0.2, 0.25) is 0 Å². The number of allylic oxidation sites excluding steroid dienone is 3. The van der Waals surface area contributed by atoms with Gasteiger partial charge in [0.1, 0.15) is 17.1 Å². The standard InChI is InChI=1S/C21H28O3/c1-14(2)5-4-10-21(3)19-8-6-15(13-22)11-17(19)18-12-16(23)7-9-20(18)24-21/h5,7,9,11-12,17,19,22-23H,4,6,8,10,13H2,1-3H3. The number of fused-ring (bicyclic) bond motifs is 3. The summed E-state index contributed by atoms with van der Waals surface area (Å²) in [6.07, 6.45) is 8.39. The Balaban J connectivity index is 1.98. The van der Waals surface area contributed by atoms with E-state index in [2.05, 4.69) is 32.9 Å². The van der Waals surface area contributed by atoms with Crippen molar-refractivity contribution in [3.63, 3.8) is 0 Å². The van der Waals surface area contributed by atoms with E-state index in [9.17, 15) is 10.2 Å². The van der Waals surface area contributed by atoms with E-state index in [1.165, 1.54) is 5.57 Å². The lowest BCUT2D eigenvalue weighted by atomic mass is 9.66. The summed E-state index contributed by atoms with van der Waals surface area (Å²) in [5.74, 6) is 1.71. The first-order chi connectivity index (χ1) is 11.4. The van der Waals surface area contributed by atoms with Gasteiger partial charge in [0.05, 0.1) is 6.61 Å². The van der Waals surface area contributed by atoms with Crippen molar-refractivity contribution in [1.82, 2.24) is 0 Å². The van der Waals surface area contributed by atoms with Crippen molar-refractivity contribution >= 4 is 0 Å². The molecule has 3 atom stereocenters. The topological polar surface area (TPSA) is 49.7 Å². The number of aliphatic hydroxyl groups is 1. The predicted molar refractivity (Wildman–Crippen MR) is 96.4 cm³/mol. The second kappa shape index (κ2) is 6.64. The predicted octanol–water partition coefficient (Wildman–Crippen LogP) is 4.70. The molecule has 3 rings (SSSR count). The largest absolute Gasteiger partial charge is 0.508 e. The molecule has 0 amide bonds. The SMILES string of the molecule is CC(C)=CCCC1(C)Oc2ccc(O)cc2C2C=C(CO)CCC21. The first-order valence-electron chi connectivity index (χ1n) is 8.88. The first-order valence-corrected chi connectivity index (χ1v) is 8.88. The molecule has 130 valence electrons. The third kappa shape index (κ3) is 3.23. The van der Waals surface area contributed by atoms with Crippen LogP contribution < -0.4 is 4.74 Å². The van der Waals surface area contributed by atoms with Crippen molar-refractivity contribution in [2.75, 3.05) is 6.61 Å². The van der Waals surface area contributed by atoms with E-state index in [-0.39, 0.29) is 23.9 Å². The second-order valence-corrected chi connectivity index (χ2v) is 7.61. The maximum atomic E-state index is 9.90. The highest BCUT2D eigenvalue weighted by Crippen LogP contribution is 2.52. The van der Waals surface area contributed by atoms with Crippen molar-refractivity contribution in [2.45, 2.75) is 58.0 Å². The highest BCUT2D eigenvalue weighted by atomic mass is 16.5. The van der Waals surface area contributed by atoms with Crippen LogP contribution in [0.4, 0.5) is 0 Å². The van der Waals surface area contributed by atoms with Crippen molar-refractivity contribution in [3.05, 3.63) is 47.1 Å². The van der Waals surface area contributed by atoms with Gasteiger partial charge in [0.25, 0.3) is 0 Å². The van der Waals surface area contributed by atoms with Crippen LogP contribution in [0.1, 0.15) is 57.9 Å². The minimum atomic E-state index is -0.224. The Morgan fingerprint density at radius 1 is 1.38 bits per heavy atom. The van der Waals surface area contributed by atoms with Gasteiger partial charge in [-0.25, -0.2) is 0 Å². The molecule has 1 aromatic rings. The number of phenols is 1. The summed E-state index contributed by atoms with van der Waals surface area (Å²) >= 11 is 0. The summed E-state index contributed by atoms with van der Waals surface area (Å²) in [7, 11) is 0. The van der Waals surface area contributed by atoms with Gasteiger partial charge in [-0.05, 0) is 70.2 Å². The molecule has 0 radical (unpaired) electrons. The van der Waals surface area contributed by atoms with E-state index >= 15 is 0 Å². The van der Waals surface area contributed by atoms with E-state index in [1.807, 2.05) is 12.1 Å². The molecular weight excluding hydrogens is 300 g/mol. The number of hydrogen-bond acceptors (Lipinski definition) is 3. The maximum absolute atomic E-state index is 9.90. The molecular formula is C21H28O3. The van der Waals surface area contributed by atoms with Crippen LogP contribution in [0.15, 0.2) is 41.5 Å². The molecule has 24 heavy (non-hydrogen) atoms. The fourth-order valence-corrected chi connectivity index (χ4v) is 4.20. The Hall–Kier alpha value is -1.74. The molecule has 0 spiro atoms. The van der Waals surface area contributed by atoms with Crippen molar-refractivity contribution in [3.8, 4) is 11.5 Å². The van der Waals surface area contributed by atoms with E-state index in [4.69, 9.17) is 4.74 Å². The highest BCUT2D eigenvalue weighted by molar-refractivity contribution is 5.47. The summed E-state index contributed by atoms with van der Waals surface area (Å²) in [6, 6.07) is 5.38. The molecule has 1 heterocycles. The third-order valence-electron chi connectivity index (χ3n) is 5.50. The molecule has 3 nitrogen and oxygen atoms in total. The molecule has 1 aliphatic heterocycles. The number of benzene rings is 1. The lowest BCUT2D eigenvalue weighted by Crippen LogP contribution is -2.47. The summed E-state index contributed by atoms with van der Waals surface area (Å²) < 4.78 is 6.46. The van der Waals surface area contributed by atoms with Crippen LogP contribution in [0, 0.1) is 5.92 Å². The van der Waals surface area contributed by atoms with Gasteiger partial charge in [-0.1, -0.05) is 17.7 Å². The van der Waals surface area contributed by atoms with Gasteiger partial charge >= 0.3 is 0 Å². The summed E-state index contributed by atoms with van der Waals surface area (Å²) in [4.78, 5) is 0. The van der Waals surface area contributed by atoms with Crippen LogP contribution in [0.25, 0.3) is 0 Å². The van der Waals surface area contributed by atoms with E-state index < -0.39 is 0 Å². The molecule has 2 aliphatic rings. The molecule has 3 unspecified atom stereocenters. The zero-order chi connectivity index (χ0) is 17.3. The van der Waals surface area contributed by atoms with Crippen molar-refractivity contribution in [2.24, 2.45) is 5.92 Å². The lowest BCUT2D eigenvalue weighted by Gasteiger charge is -2.48. The van der Waals surface area contributed by atoms with Gasteiger partial charge in [-0.3, -0.25) is 0 Å². The first kappa shape index (κ1) is 17.1. The van der Waals surface area contributed by atoms with Crippen LogP contribution in [0.5, 0.6) is 11.5 Å². The third-order valence-corrected chi connectivity index (χ3v) is 5.50. The zero-order valence-corrected chi connectivity index (χ0v) is 14.9. The van der Waals surface area contributed by atoms with Gasteiger partial charge in [0.15, 0.2) is 0 Å². The fourth-order valence-electron chi connectivity index (χ4n) is 4.20.